The minimum Gasteiger partial charge on any atom is -0.408 e. The summed E-state index contributed by atoms with van der Waals surface area (Å²) in [6, 6.07) is 6.97. The lowest BCUT2D eigenvalue weighted by atomic mass is 10.2. The maximum atomic E-state index is 12.1. The van der Waals surface area contributed by atoms with Gasteiger partial charge in [0.15, 0.2) is 5.58 Å². The normalized spacial score (nSPS) is 11.2. The maximum Gasteiger partial charge on any atom is 0.420 e. The number of oxazole rings is 1. The smallest absolute Gasteiger partial charge is 0.408 e. The minimum atomic E-state index is -0.559. The summed E-state index contributed by atoms with van der Waals surface area (Å²) in [7, 11) is 0. The van der Waals surface area contributed by atoms with Crippen LogP contribution in [0.5, 0.6) is 0 Å². The summed E-state index contributed by atoms with van der Waals surface area (Å²) in [6.45, 7) is 3.87. The first-order valence-corrected chi connectivity index (χ1v) is 7.58. The maximum absolute atomic E-state index is 12.1. The molecule has 0 saturated carbocycles. The lowest BCUT2D eigenvalue weighted by Crippen LogP contribution is -2.24. The Morgan fingerprint density at radius 2 is 2.14 bits per heavy atom. The summed E-state index contributed by atoms with van der Waals surface area (Å²) in [6.07, 6.45) is 0. The molecule has 0 atom stereocenters. The monoisotopic (exact) mass is 318 g/mol. The molecule has 1 amide bonds. The number of amides is 1. The number of nitrogens with one attached hydrogen (secondary N) is 1. The van der Waals surface area contributed by atoms with Crippen molar-refractivity contribution in [3.05, 3.63) is 39.8 Å². The van der Waals surface area contributed by atoms with Gasteiger partial charge in [0.2, 0.25) is 11.0 Å². The number of nitrogens with zero attached hydrogens (tertiary/aromatic N) is 3. The molecule has 114 valence electrons. The van der Waals surface area contributed by atoms with Crippen LogP contribution in [0.3, 0.4) is 0 Å². The highest BCUT2D eigenvalue weighted by atomic mass is 32.1. The summed E-state index contributed by atoms with van der Waals surface area (Å²) in [5.41, 5.74) is 1.04. The Balaban J connectivity index is 1.78. The molecule has 0 radical (unpaired) electrons. The Morgan fingerprint density at radius 1 is 1.36 bits per heavy atom. The molecule has 0 aliphatic rings. The molecule has 0 aliphatic heterocycles. The van der Waals surface area contributed by atoms with Crippen LogP contribution in [0.2, 0.25) is 0 Å². The fourth-order valence-electron chi connectivity index (χ4n) is 1.98. The van der Waals surface area contributed by atoms with Gasteiger partial charge >= 0.3 is 5.76 Å². The predicted octanol–water partition coefficient (Wildman–Crippen LogP) is 2.21. The van der Waals surface area contributed by atoms with Crippen LogP contribution < -0.4 is 11.1 Å². The number of anilines is 1. The van der Waals surface area contributed by atoms with E-state index in [0.717, 1.165) is 5.01 Å². The van der Waals surface area contributed by atoms with Gasteiger partial charge in [-0.05, 0) is 12.1 Å². The first-order chi connectivity index (χ1) is 10.5. The quantitative estimate of drug-likeness (QED) is 0.796. The standard InChI is InChI=1S/C14H14N4O3S/c1-8(2)12-16-17-13(22-12)15-11(19)7-18-9-5-3-4-6-10(9)21-14(18)20/h3-6,8H,7H2,1-2H3,(H,15,17,19). The number of benzene rings is 1. The fraction of sp³-hybridized carbons (Fsp3) is 0.286. The summed E-state index contributed by atoms with van der Waals surface area (Å²) in [4.78, 5) is 23.9. The van der Waals surface area contributed by atoms with Crippen LogP contribution in [-0.2, 0) is 11.3 Å². The molecule has 22 heavy (non-hydrogen) atoms. The molecule has 8 heteroatoms. The summed E-state index contributed by atoms with van der Waals surface area (Å²) < 4.78 is 6.37. The zero-order valence-electron chi connectivity index (χ0n) is 12.1. The molecule has 7 nitrogen and oxygen atoms in total. The van der Waals surface area contributed by atoms with E-state index in [2.05, 4.69) is 15.5 Å². The van der Waals surface area contributed by atoms with Gasteiger partial charge < -0.3 is 4.42 Å². The van der Waals surface area contributed by atoms with Crippen molar-refractivity contribution in [1.82, 2.24) is 14.8 Å². The second-order valence-corrected chi connectivity index (χ2v) is 6.08. The van der Waals surface area contributed by atoms with E-state index < -0.39 is 5.76 Å². The lowest BCUT2D eigenvalue weighted by Gasteiger charge is -2.02. The van der Waals surface area contributed by atoms with E-state index in [1.165, 1.54) is 15.9 Å². The molecule has 0 spiro atoms. The van der Waals surface area contributed by atoms with E-state index in [1.54, 1.807) is 24.3 Å². The second kappa shape index (κ2) is 5.72. The van der Waals surface area contributed by atoms with Crippen molar-refractivity contribution in [2.75, 3.05) is 5.32 Å². The number of fused-ring (bicyclic) bond motifs is 1. The van der Waals surface area contributed by atoms with Gasteiger partial charge in [0.05, 0.1) is 5.52 Å². The first kappa shape index (κ1) is 14.5. The number of rotatable bonds is 4. The third-order valence-corrected chi connectivity index (χ3v) is 4.20. The molecule has 3 rings (SSSR count). The van der Waals surface area contributed by atoms with E-state index in [4.69, 9.17) is 4.42 Å². The van der Waals surface area contributed by atoms with Crippen LogP contribution in [0.1, 0.15) is 24.8 Å². The van der Waals surface area contributed by atoms with Crippen LogP contribution in [0, 0.1) is 0 Å². The number of carbonyl (C=O) groups is 1. The molecule has 2 aromatic heterocycles. The highest BCUT2D eigenvalue weighted by Gasteiger charge is 2.14. The van der Waals surface area contributed by atoms with Crippen LogP contribution in [-0.4, -0.2) is 20.7 Å². The van der Waals surface area contributed by atoms with Crippen molar-refractivity contribution in [3.8, 4) is 0 Å². The molecule has 0 saturated heterocycles. The highest BCUT2D eigenvalue weighted by Crippen LogP contribution is 2.22. The Hall–Kier alpha value is -2.48. The van der Waals surface area contributed by atoms with E-state index in [0.29, 0.717) is 16.2 Å². The zero-order chi connectivity index (χ0) is 15.7. The molecular formula is C14H14N4O3S. The van der Waals surface area contributed by atoms with E-state index >= 15 is 0 Å². The second-order valence-electron chi connectivity index (χ2n) is 5.07. The van der Waals surface area contributed by atoms with Crippen molar-refractivity contribution in [1.29, 1.82) is 0 Å². The van der Waals surface area contributed by atoms with Crippen molar-refractivity contribution < 1.29 is 9.21 Å². The van der Waals surface area contributed by atoms with E-state index in [9.17, 15) is 9.59 Å². The topological polar surface area (TPSA) is 90.0 Å². The SMILES string of the molecule is CC(C)c1nnc(NC(=O)Cn2c(=O)oc3ccccc32)s1. The number of para-hydroxylation sites is 2. The van der Waals surface area contributed by atoms with Crippen molar-refractivity contribution >= 4 is 33.5 Å². The molecule has 0 unspecified atom stereocenters. The average molecular weight is 318 g/mol. The third kappa shape index (κ3) is 2.77. The molecule has 2 heterocycles. The Labute approximate surface area is 129 Å². The van der Waals surface area contributed by atoms with Gasteiger partial charge in [0.25, 0.3) is 0 Å². The molecule has 0 fully saturated rings. The van der Waals surface area contributed by atoms with Gasteiger partial charge in [-0.25, -0.2) is 4.79 Å². The Bertz CT molecular complexity index is 877. The average Bonchev–Trinajstić information content (AvgIpc) is 3.05. The van der Waals surface area contributed by atoms with Crippen LogP contribution in [0.4, 0.5) is 5.13 Å². The van der Waals surface area contributed by atoms with Gasteiger partial charge in [-0.15, -0.1) is 10.2 Å². The molecule has 0 bridgehead atoms. The van der Waals surface area contributed by atoms with Gasteiger partial charge in [-0.1, -0.05) is 37.3 Å². The molecule has 3 aromatic rings. The number of hydrogen-bond donors (Lipinski definition) is 1. The largest absolute Gasteiger partial charge is 0.420 e. The van der Waals surface area contributed by atoms with E-state index in [1.807, 2.05) is 13.8 Å². The van der Waals surface area contributed by atoms with Crippen LogP contribution in [0.25, 0.3) is 11.1 Å². The molecular weight excluding hydrogens is 304 g/mol. The number of aromatic nitrogens is 3. The van der Waals surface area contributed by atoms with Gasteiger partial charge in [-0.2, -0.15) is 0 Å². The number of carbonyl (C=O) groups excluding carboxylic acids is 1. The van der Waals surface area contributed by atoms with Gasteiger partial charge in [0.1, 0.15) is 11.6 Å². The van der Waals surface area contributed by atoms with Gasteiger partial charge in [0, 0.05) is 5.92 Å². The Kier molecular flexibility index (Phi) is 3.76. The fourth-order valence-corrected chi connectivity index (χ4v) is 2.75. The highest BCUT2D eigenvalue weighted by molar-refractivity contribution is 7.15. The zero-order valence-corrected chi connectivity index (χ0v) is 12.9. The van der Waals surface area contributed by atoms with Crippen LogP contribution in [0.15, 0.2) is 33.5 Å². The predicted molar refractivity (Wildman–Crippen MR) is 83.1 cm³/mol. The molecule has 1 N–H and O–H groups in total. The number of hydrogen-bond acceptors (Lipinski definition) is 6. The summed E-state index contributed by atoms with van der Waals surface area (Å²) in [5.74, 6) is -0.653. The van der Waals surface area contributed by atoms with E-state index in [-0.39, 0.29) is 18.4 Å². The van der Waals surface area contributed by atoms with Crippen molar-refractivity contribution in [3.63, 3.8) is 0 Å². The Morgan fingerprint density at radius 3 is 2.86 bits per heavy atom. The van der Waals surface area contributed by atoms with Crippen molar-refractivity contribution in [2.24, 2.45) is 0 Å². The summed E-state index contributed by atoms with van der Waals surface area (Å²) in [5, 5.41) is 11.8. The van der Waals surface area contributed by atoms with Crippen molar-refractivity contribution in [2.45, 2.75) is 26.3 Å². The minimum absolute atomic E-state index is 0.133. The van der Waals surface area contributed by atoms with Gasteiger partial charge in [-0.3, -0.25) is 14.7 Å². The summed E-state index contributed by atoms with van der Waals surface area (Å²) >= 11 is 1.32. The van der Waals surface area contributed by atoms with Crippen LogP contribution >= 0.6 is 11.3 Å². The molecule has 1 aromatic carbocycles. The lowest BCUT2D eigenvalue weighted by molar-refractivity contribution is -0.116. The molecule has 0 aliphatic carbocycles. The third-order valence-electron chi connectivity index (χ3n) is 3.06. The first-order valence-electron chi connectivity index (χ1n) is 6.76.